The van der Waals surface area contributed by atoms with Crippen molar-refractivity contribution in [3.8, 4) is 0 Å². The second-order valence-corrected chi connectivity index (χ2v) is 10.4. The van der Waals surface area contributed by atoms with Crippen LogP contribution in [0.1, 0.15) is 42.9 Å². The van der Waals surface area contributed by atoms with Gasteiger partial charge in [-0.3, -0.25) is 4.79 Å². The fourth-order valence-electron chi connectivity index (χ4n) is 4.12. The largest absolute Gasteiger partial charge is 0.349 e. The van der Waals surface area contributed by atoms with E-state index in [1.807, 2.05) is 31.2 Å². The number of rotatable bonds is 6. The second-order valence-electron chi connectivity index (χ2n) is 8.49. The number of hydrogen-bond acceptors (Lipinski definition) is 3. The van der Waals surface area contributed by atoms with Crippen molar-refractivity contribution in [2.24, 2.45) is 11.8 Å². The first kappa shape index (κ1) is 21.9. The summed E-state index contributed by atoms with van der Waals surface area (Å²) in [5, 5.41) is 3.17. The van der Waals surface area contributed by atoms with Crippen LogP contribution >= 0.6 is 0 Å². The number of carbonyl (C=O) groups is 1. The van der Waals surface area contributed by atoms with Crippen LogP contribution in [0.2, 0.25) is 0 Å². The number of nitrogens with one attached hydrogen (secondary N) is 1. The first-order chi connectivity index (χ1) is 14.8. The summed E-state index contributed by atoms with van der Waals surface area (Å²) in [7, 11) is -4.15. The highest BCUT2D eigenvalue weighted by atomic mass is 32.2. The molecule has 1 amide bonds. The van der Waals surface area contributed by atoms with Gasteiger partial charge in [-0.25, -0.2) is 17.2 Å². The maximum absolute atomic E-state index is 14.0. The summed E-state index contributed by atoms with van der Waals surface area (Å²) in [4.78, 5) is 12.3. The van der Waals surface area contributed by atoms with Gasteiger partial charge in [0, 0.05) is 19.0 Å². The van der Waals surface area contributed by atoms with Crippen LogP contribution in [0.5, 0.6) is 0 Å². The lowest BCUT2D eigenvalue weighted by Gasteiger charge is -2.31. The Labute approximate surface area is 181 Å². The van der Waals surface area contributed by atoms with Crippen LogP contribution in [0.3, 0.4) is 0 Å². The van der Waals surface area contributed by atoms with Gasteiger partial charge < -0.3 is 5.32 Å². The Morgan fingerprint density at radius 2 is 1.68 bits per heavy atom. The van der Waals surface area contributed by atoms with Crippen molar-refractivity contribution < 1.29 is 22.0 Å². The predicted molar refractivity (Wildman–Crippen MR) is 113 cm³/mol. The van der Waals surface area contributed by atoms with Crippen molar-refractivity contribution in [3.63, 3.8) is 0 Å². The monoisotopic (exact) mass is 448 g/mol. The fraction of sp³-hybridized carbons (Fsp3) is 0.435. The summed E-state index contributed by atoms with van der Waals surface area (Å²) in [6.45, 7) is 2.20. The maximum atomic E-state index is 14.0. The van der Waals surface area contributed by atoms with Gasteiger partial charge in [-0.1, -0.05) is 29.8 Å². The average Bonchev–Trinajstić information content (AvgIpc) is 3.59. The molecule has 2 aliphatic rings. The van der Waals surface area contributed by atoms with E-state index in [1.54, 1.807) is 0 Å². The van der Waals surface area contributed by atoms with Gasteiger partial charge in [0.2, 0.25) is 15.9 Å². The van der Waals surface area contributed by atoms with E-state index in [0.29, 0.717) is 24.8 Å². The van der Waals surface area contributed by atoms with Gasteiger partial charge in [-0.2, -0.15) is 4.31 Å². The molecule has 4 rings (SSSR count). The topological polar surface area (TPSA) is 66.5 Å². The van der Waals surface area contributed by atoms with Gasteiger partial charge >= 0.3 is 0 Å². The maximum Gasteiger partial charge on any atom is 0.246 e. The number of benzene rings is 2. The highest BCUT2D eigenvalue weighted by Gasteiger charge is 2.37. The predicted octanol–water partition coefficient (Wildman–Crippen LogP) is 3.94. The summed E-state index contributed by atoms with van der Waals surface area (Å²) in [5.41, 5.74) is 2.25. The SMILES string of the molecule is Cc1ccc(C(NC(=O)C2CCN(S(=O)(=O)c3cc(F)ccc3F)CC2)C2CC2)cc1. The number of amides is 1. The number of halogens is 2. The Morgan fingerprint density at radius 1 is 1.03 bits per heavy atom. The van der Waals surface area contributed by atoms with E-state index in [1.165, 1.54) is 0 Å². The van der Waals surface area contributed by atoms with E-state index in [2.05, 4.69) is 5.32 Å². The standard InChI is InChI=1S/C23H26F2N2O3S/c1-15-2-4-16(5-3-15)22(17-6-7-17)26-23(28)18-10-12-27(13-11-18)31(29,30)21-14-19(24)8-9-20(21)25/h2-5,8-9,14,17-18,22H,6-7,10-13H2,1H3,(H,26,28). The molecule has 1 aliphatic heterocycles. The average molecular weight is 449 g/mol. The molecule has 0 radical (unpaired) electrons. The summed E-state index contributed by atoms with van der Waals surface area (Å²) in [6.07, 6.45) is 2.84. The zero-order valence-corrected chi connectivity index (χ0v) is 18.2. The molecule has 1 heterocycles. The molecule has 2 fully saturated rings. The Hall–Kier alpha value is -2.32. The molecule has 1 aliphatic carbocycles. The molecule has 1 saturated carbocycles. The van der Waals surface area contributed by atoms with E-state index in [-0.39, 0.29) is 31.0 Å². The number of hydrogen-bond donors (Lipinski definition) is 1. The molecule has 1 saturated heterocycles. The Balaban J connectivity index is 1.40. The molecule has 1 N–H and O–H groups in total. The first-order valence-electron chi connectivity index (χ1n) is 10.6. The van der Waals surface area contributed by atoms with Crippen molar-refractivity contribution in [2.75, 3.05) is 13.1 Å². The molecule has 31 heavy (non-hydrogen) atoms. The number of piperidine rings is 1. The lowest BCUT2D eigenvalue weighted by Crippen LogP contribution is -2.44. The van der Waals surface area contributed by atoms with Crippen LogP contribution in [0.15, 0.2) is 47.4 Å². The summed E-state index contributed by atoms with van der Waals surface area (Å²) >= 11 is 0. The van der Waals surface area contributed by atoms with Crippen LogP contribution in [0.4, 0.5) is 8.78 Å². The minimum Gasteiger partial charge on any atom is -0.349 e. The highest BCUT2D eigenvalue weighted by Crippen LogP contribution is 2.41. The van der Waals surface area contributed by atoms with Gasteiger partial charge in [-0.05, 0) is 62.3 Å². The second kappa shape index (κ2) is 8.67. The molecule has 5 nitrogen and oxygen atoms in total. The molecule has 0 bridgehead atoms. The lowest BCUT2D eigenvalue weighted by molar-refractivity contribution is -0.127. The Morgan fingerprint density at radius 3 is 2.29 bits per heavy atom. The van der Waals surface area contributed by atoms with E-state index in [0.717, 1.165) is 40.4 Å². The summed E-state index contributed by atoms with van der Waals surface area (Å²) < 4.78 is 54.1. The van der Waals surface area contributed by atoms with E-state index >= 15 is 0 Å². The number of aryl methyl sites for hydroxylation is 1. The van der Waals surface area contributed by atoms with Crippen molar-refractivity contribution in [1.82, 2.24) is 9.62 Å². The summed E-state index contributed by atoms with van der Waals surface area (Å²) in [5.74, 6) is -1.74. The molecular formula is C23H26F2N2O3S. The molecule has 0 spiro atoms. The minimum absolute atomic E-state index is 0.0312. The van der Waals surface area contributed by atoms with Crippen LogP contribution in [-0.4, -0.2) is 31.7 Å². The lowest BCUT2D eigenvalue weighted by atomic mass is 9.95. The van der Waals surface area contributed by atoms with Crippen molar-refractivity contribution in [1.29, 1.82) is 0 Å². The molecular weight excluding hydrogens is 422 g/mol. The molecule has 2 aromatic rings. The van der Waals surface area contributed by atoms with Gasteiger partial charge in [0.15, 0.2) is 0 Å². The van der Waals surface area contributed by atoms with Gasteiger partial charge in [0.1, 0.15) is 16.5 Å². The quantitative estimate of drug-likeness (QED) is 0.728. The van der Waals surface area contributed by atoms with E-state index in [4.69, 9.17) is 0 Å². The van der Waals surface area contributed by atoms with Crippen LogP contribution in [0.25, 0.3) is 0 Å². The zero-order chi connectivity index (χ0) is 22.2. The van der Waals surface area contributed by atoms with Gasteiger partial charge in [0.25, 0.3) is 0 Å². The smallest absolute Gasteiger partial charge is 0.246 e. The molecule has 0 aromatic heterocycles. The van der Waals surface area contributed by atoms with E-state index < -0.39 is 26.6 Å². The third-order valence-electron chi connectivity index (χ3n) is 6.16. The molecule has 1 unspecified atom stereocenters. The third kappa shape index (κ3) is 4.80. The van der Waals surface area contributed by atoms with Gasteiger partial charge in [0.05, 0.1) is 6.04 Å². The Bertz CT molecular complexity index is 1060. The number of carbonyl (C=O) groups excluding carboxylic acids is 1. The highest BCUT2D eigenvalue weighted by molar-refractivity contribution is 7.89. The molecule has 1 atom stereocenters. The van der Waals surface area contributed by atoms with Crippen molar-refractivity contribution in [3.05, 3.63) is 65.2 Å². The zero-order valence-electron chi connectivity index (χ0n) is 17.4. The minimum atomic E-state index is -4.15. The first-order valence-corrected chi connectivity index (χ1v) is 12.0. The van der Waals surface area contributed by atoms with Crippen LogP contribution in [0, 0.1) is 30.4 Å². The van der Waals surface area contributed by atoms with Crippen LogP contribution in [-0.2, 0) is 14.8 Å². The third-order valence-corrected chi connectivity index (χ3v) is 8.08. The Kier molecular flexibility index (Phi) is 6.12. The fourth-order valence-corrected chi connectivity index (χ4v) is 5.67. The van der Waals surface area contributed by atoms with Crippen LogP contribution < -0.4 is 5.32 Å². The molecule has 8 heteroatoms. The molecule has 2 aromatic carbocycles. The van der Waals surface area contributed by atoms with E-state index in [9.17, 15) is 22.0 Å². The van der Waals surface area contributed by atoms with Crippen molar-refractivity contribution >= 4 is 15.9 Å². The summed E-state index contributed by atoms with van der Waals surface area (Å²) in [6, 6.07) is 10.5. The normalized spacial score (nSPS) is 19.2. The number of sulfonamides is 1. The number of nitrogens with zero attached hydrogens (tertiary/aromatic N) is 1. The van der Waals surface area contributed by atoms with Gasteiger partial charge in [-0.15, -0.1) is 0 Å². The van der Waals surface area contributed by atoms with Crippen molar-refractivity contribution in [2.45, 2.75) is 43.5 Å². The molecule has 166 valence electrons.